The normalized spacial score (nSPS) is 20.6. The topological polar surface area (TPSA) is 41.1 Å². The number of piperidine rings is 1. The molecule has 18 heavy (non-hydrogen) atoms. The van der Waals surface area contributed by atoms with Crippen molar-refractivity contribution in [2.24, 2.45) is 0 Å². The minimum Gasteiger partial charge on any atom is -0.352 e. The molecule has 100 valence electrons. The Kier molecular flexibility index (Phi) is 6.16. The maximum atomic E-state index is 12.1. The number of nitrogens with one attached hydrogen (secondary N) is 2. The molecule has 1 aromatic rings. The molecule has 3 nitrogen and oxygen atoms in total. The molecule has 0 aromatic heterocycles. The number of hydrogen-bond donors (Lipinski definition) is 2. The predicted octanol–water partition coefficient (Wildman–Crippen LogP) is 2.08. The van der Waals surface area contributed by atoms with Crippen molar-refractivity contribution in [3.05, 3.63) is 35.9 Å². The van der Waals surface area contributed by atoms with Crippen LogP contribution < -0.4 is 10.6 Å². The molecule has 1 aliphatic rings. The number of benzene rings is 1. The molecule has 1 amide bonds. The first kappa shape index (κ1) is 15.0. The van der Waals surface area contributed by atoms with Crippen LogP contribution in [-0.2, 0) is 4.79 Å². The van der Waals surface area contributed by atoms with Gasteiger partial charge >= 0.3 is 0 Å². The van der Waals surface area contributed by atoms with E-state index in [1.165, 1.54) is 0 Å². The molecule has 1 aliphatic heterocycles. The average molecular weight is 269 g/mol. The molecular weight excluding hydrogens is 248 g/mol. The fraction of sp³-hybridized carbons (Fsp3) is 0.500. The van der Waals surface area contributed by atoms with E-state index < -0.39 is 0 Å². The van der Waals surface area contributed by atoms with E-state index in [4.69, 9.17) is 0 Å². The van der Waals surface area contributed by atoms with E-state index in [0.29, 0.717) is 6.04 Å². The minimum absolute atomic E-state index is 0. The number of hydrogen-bond acceptors (Lipinski definition) is 2. The highest BCUT2D eigenvalue weighted by atomic mass is 35.5. The van der Waals surface area contributed by atoms with E-state index in [2.05, 4.69) is 10.6 Å². The summed E-state index contributed by atoms with van der Waals surface area (Å²) in [5.41, 5.74) is 1.08. The monoisotopic (exact) mass is 268 g/mol. The largest absolute Gasteiger partial charge is 0.352 e. The standard InChI is InChI=1S/C14H20N2O.ClH/c1-11(12-6-3-2-4-7-12)14(17)16-13-8-5-9-15-10-13;/h2-4,6-7,11,13,15H,5,8-10H2,1H3,(H,16,17);1H/t11?,13-;/m0./s1. The van der Waals surface area contributed by atoms with Crippen molar-refractivity contribution >= 4 is 18.3 Å². The lowest BCUT2D eigenvalue weighted by Crippen LogP contribution is -2.46. The summed E-state index contributed by atoms with van der Waals surface area (Å²) in [6.45, 7) is 3.93. The zero-order chi connectivity index (χ0) is 12.1. The zero-order valence-corrected chi connectivity index (χ0v) is 11.5. The molecule has 2 N–H and O–H groups in total. The predicted molar refractivity (Wildman–Crippen MR) is 76.1 cm³/mol. The van der Waals surface area contributed by atoms with Gasteiger partial charge in [0, 0.05) is 12.6 Å². The highest BCUT2D eigenvalue weighted by Crippen LogP contribution is 2.15. The fourth-order valence-electron chi connectivity index (χ4n) is 2.19. The second kappa shape index (κ2) is 7.39. The smallest absolute Gasteiger partial charge is 0.227 e. The highest BCUT2D eigenvalue weighted by molar-refractivity contribution is 5.85. The van der Waals surface area contributed by atoms with Gasteiger partial charge < -0.3 is 10.6 Å². The van der Waals surface area contributed by atoms with Gasteiger partial charge in [0.15, 0.2) is 0 Å². The van der Waals surface area contributed by atoms with Crippen LogP contribution in [-0.4, -0.2) is 25.0 Å². The molecular formula is C14H21ClN2O. The third-order valence-electron chi connectivity index (χ3n) is 3.34. The van der Waals surface area contributed by atoms with Gasteiger partial charge in [-0.3, -0.25) is 4.79 Å². The van der Waals surface area contributed by atoms with E-state index in [1.54, 1.807) is 0 Å². The Bertz CT molecular complexity index is 363. The van der Waals surface area contributed by atoms with Crippen molar-refractivity contribution in [1.29, 1.82) is 0 Å². The molecule has 2 rings (SSSR count). The van der Waals surface area contributed by atoms with Crippen LogP contribution in [0.4, 0.5) is 0 Å². The van der Waals surface area contributed by atoms with Gasteiger partial charge in [0.2, 0.25) is 5.91 Å². The van der Waals surface area contributed by atoms with Crippen molar-refractivity contribution in [3.63, 3.8) is 0 Å². The molecule has 1 saturated heterocycles. The van der Waals surface area contributed by atoms with Crippen molar-refractivity contribution in [1.82, 2.24) is 10.6 Å². The molecule has 0 saturated carbocycles. The first-order valence-corrected chi connectivity index (χ1v) is 6.33. The first-order valence-electron chi connectivity index (χ1n) is 6.33. The summed E-state index contributed by atoms with van der Waals surface area (Å²) in [5.74, 6) is 0.0584. The maximum absolute atomic E-state index is 12.1. The Labute approximate surface area is 115 Å². The van der Waals surface area contributed by atoms with E-state index in [1.807, 2.05) is 37.3 Å². The van der Waals surface area contributed by atoms with Gasteiger partial charge in [0.25, 0.3) is 0 Å². The number of halogens is 1. The van der Waals surface area contributed by atoms with Crippen LogP contribution in [0.3, 0.4) is 0 Å². The van der Waals surface area contributed by atoms with Gasteiger partial charge in [-0.25, -0.2) is 0 Å². The lowest BCUT2D eigenvalue weighted by Gasteiger charge is -2.25. The maximum Gasteiger partial charge on any atom is 0.227 e. The Morgan fingerprint density at radius 1 is 1.39 bits per heavy atom. The first-order chi connectivity index (χ1) is 8.27. The molecule has 1 aromatic carbocycles. The number of rotatable bonds is 3. The van der Waals surface area contributed by atoms with Gasteiger partial charge in [-0.05, 0) is 31.9 Å². The van der Waals surface area contributed by atoms with Crippen LogP contribution in [0.15, 0.2) is 30.3 Å². The molecule has 1 heterocycles. The van der Waals surface area contributed by atoms with Gasteiger partial charge in [-0.1, -0.05) is 30.3 Å². The Balaban J connectivity index is 0.00000162. The SMILES string of the molecule is CC(C(=O)N[C@H]1CCCNC1)c1ccccc1.Cl. The summed E-state index contributed by atoms with van der Waals surface area (Å²) in [6, 6.07) is 10.2. The molecule has 0 aliphatic carbocycles. The van der Waals surface area contributed by atoms with Gasteiger partial charge in [0.05, 0.1) is 5.92 Å². The lowest BCUT2D eigenvalue weighted by molar-refractivity contribution is -0.123. The second-order valence-electron chi connectivity index (χ2n) is 4.68. The zero-order valence-electron chi connectivity index (χ0n) is 10.7. The van der Waals surface area contributed by atoms with Gasteiger partial charge in [-0.2, -0.15) is 0 Å². The van der Waals surface area contributed by atoms with E-state index in [9.17, 15) is 4.79 Å². The summed E-state index contributed by atoms with van der Waals surface area (Å²) >= 11 is 0. The lowest BCUT2D eigenvalue weighted by atomic mass is 9.99. The number of carbonyl (C=O) groups is 1. The molecule has 1 unspecified atom stereocenters. The molecule has 0 radical (unpaired) electrons. The van der Waals surface area contributed by atoms with Crippen LogP contribution in [0.2, 0.25) is 0 Å². The Morgan fingerprint density at radius 3 is 2.72 bits per heavy atom. The average Bonchev–Trinajstić information content (AvgIpc) is 2.40. The van der Waals surface area contributed by atoms with E-state index in [-0.39, 0.29) is 24.2 Å². The van der Waals surface area contributed by atoms with E-state index in [0.717, 1.165) is 31.5 Å². The van der Waals surface area contributed by atoms with Crippen molar-refractivity contribution in [2.45, 2.75) is 31.7 Å². The number of carbonyl (C=O) groups excluding carboxylic acids is 1. The van der Waals surface area contributed by atoms with Crippen LogP contribution >= 0.6 is 12.4 Å². The fourth-order valence-corrected chi connectivity index (χ4v) is 2.19. The third kappa shape index (κ3) is 4.00. The Morgan fingerprint density at radius 2 is 2.11 bits per heavy atom. The second-order valence-corrected chi connectivity index (χ2v) is 4.68. The van der Waals surface area contributed by atoms with Crippen LogP contribution in [0.25, 0.3) is 0 Å². The highest BCUT2D eigenvalue weighted by Gasteiger charge is 2.20. The summed E-state index contributed by atoms with van der Waals surface area (Å²) in [4.78, 5) is 12.1. The van der Waals surface area contributed by atoms with E-state index >= 15 is 0 Å². The van der Waals surface area contributed by atoms with Crippen molar-refractivity contribution in [3.8, 4) is 0 Å². The van der Waals surface area contributed by atoms with Crippen molar-refractivity contribution in [2.75, 3.05) is 13.1 Å². The summed E-state index contributed by atoms with van der Waals surface area (Å²) in [7, 11) is 0. The van der Waals surface area contributed by atoms with Gasteiger partial charge in [0.1, 0.15) is 0 Å². The quantitative estimate of drug-likeness (QED) is 0.881. The molecule has 0 bridgehead atoms. The summed E-state index contributed by atoms with van der Waals surface area (Å²) in [6.07, 6.45) is 2.23. The van der Waals surface area contributed by atoms with Crippen LogP contribution in [0.1, 0.15) is 31.2 Å². The summed E-state index contributed by atoms with van der Waals surface area (Å²) < 4.78 is 0. The third-order valence-corrected chi connectivity index (χ3v) is 3.34. The number of amides is 1. The Hall–Kier alpha value is -1.06. The van der Waals surface area contributed by atoms with Crippen molar-refractivity contribution < 1.29 is 4.79 Å². The molecule has 0 spiro atoms. The minimum atomic E-state index is -0.0712. The van der Waals surface area contributed by atoms with Crippen LogP contribution in [0, 0.1) is 0 Å². The van der Waals surface area contributed by atoms with Gasteiger partial charge in [-0.15, -0.1) is 12.4 Å². The molecule has 4 heteroatoms. The molecule has 2 atom stereocenters. The van der Waals surface area contributed by atoms with Crippen LogP contribution in [0.5, 0.6) is 0 Å². The summed E-state index contributed by atoms with van der Waals surface area (Å²) in [5, 5.41) is 6.42. The molecule has 1 fully saturated rings.